The molecular formula is C9H16O2. The molecule has 0 spiro atoms. The molecular weight excluding hydrogens is 140 g/mol. The van der Waals surface area contributed by atoms with Crippen LogP contribution in [0.25, 0.3) is 0 Å². The van der Waals surface area contributed by atoms with Crippen LogP contribution in [0.5, 0.6) is 0 Å². The molecule has 1 fully saturated rings. The van der Waals surface area contributed by atoms with E-state index >= 15 is 0 Å². The molecule has 0 N–H and O–H groups in total. The molecule has 2 nitrogen and oxygen atoms in total. The fourth-order valence-electron chi connectivity index (χ4n) is 1.57. The van der Waals surface area contributed by atoms with E-state index in [0.29, 0.717) is 5.92 Å². The summed E-state index contributed by atoms with van der Waals surface area (Å²) in [5.41, 5.74) is -0.380. The van der Waals surface area contributed by atoms with Crippen LogP contribution in [0.15, 0.2) is 0 Å². The number of aldehydes is 1. The van der Waals surface area contributed by atoms with Crippen LogP contribution >= 0.6 is 0 Å². The smallest absolute Gasteiger partial charge is 0.152 e. The molecule has 0 aliphatic heterocycles. The second-order valence-electron chi connectivity index (χ2n) is 3.32. The van der Waals surface area contributed by atoms with Crippen LogP contribution in [0, 0.1) is 5.92 Å². The van der Waals surface area contributed by atoms with Gasteiger partial charge in [0, 0.05) is 7.11 Å². The molecule has 0 radical (unpaired) electrons. The number of hydrogen-bond donors (Lipinski definition) is 0. The molecule has 1 aliphatic rings. The lowest BCUT2D eigenvalue weighted by Crippen LogP contribution is -2.16. The minimum absolute atomic E-state index is 0.380. The number of carbonyl (C=O) groups excluding carboxylic acids is 1. The predicted molar refractivity (Wildman–Crippen MR) is 43.4 cm³/mol. The van der Waals surface area contributed by atoms with Gasteiger partial charge in [-0.3, -0.25) is 0 Å². The molecule has 2 heteroatoms. The topological polar surface area (TPSA) is 26.3 Å². The summed E-state index contributed by atoms with van der Waals surface area (Å²) in [7, 11) is 1.63. The van der Waals surface area contributed by atoms with E-state index in [9.17, 15) is 4.79 Å². The first-order valence-electron chi connectivity index (χ1n) is 4.30. The van der Waals surface area contributed by atoms with E-state index < -0.39 is 0 Å². The van der Waals surface area contributed by atoms with Crippen LogP contribution in [-0.4, -0.2) is 19.0 Å². The van der Waals surface area contributed by atoms with Gasteiger partial charge in [0.25, 0.3) is 0 Å². The Morgan fingerprint density at radius 3 is 2.82 bits per heavy atom. The molecule has 0 aromatic carbocycles. The van der Waals surface area contributed by atoms with Crippen molar-refractivity contribution in [1.82, 2.24) is 0 Å². The van der Waals surface area contributed by atoms with Crippen molar-refractivity contribution in [3.8, 4) is 0 Å². The van der Waals surface area contributed by atoms with Crippen molar-refractivity contribution in [2.45, 2.75) is 38.2 Å². The summed E-state index contributed by atoms with van der Waals surface area (Å²) >= 11 is 0. The van der Waals surface area contributed by atoms with Crippen LogP contribution in [0.2, 0.25) is 0 Å². The normalized spacial score (nSPS) is 35.3. The Bertz CT molecular complexity index is 144. The summed E-state index contributed by atoms with van der Waals surface area (Å²) in [5.74, 6) is 0.505. The summed E-state index contributed by atoms with van der Waals surface area (Å²) in [5, 5.41) is 0. The first kappa shape index (κ1) is 8.72. The highest BCUT2D eigenvalue weighted by Crippen LogP contribution is 2.47. The number of ether oxygens (including phenoxy) is 1. The molecule has 11 heavy (non-hydrogen) atoms. The van der Waals surface area contributed by atoms with Gasteiger partial charge in [0.2, 0.25) is 0 Å². The zero-order valence-corrected chi connectivity index (χ0v) is 7.30. The number of unbranched alkanes of at least 4 members (excludes halogenated alkanes) is 1. The minimum atomic E-state index is -0.380. The van der Waals surface area contributed by atoms with E-state index in [4.69, 9.17) is 4.74 Å². The Kier molecular flexibility index (Phi) is 2.66. The zero-order chi connectivity index (χ0) is 8.32. The van der Waals surface area contributed by atoms with Crippen molar-refractivity contribution >= 4 is 6.29 Å². The van der Waals surface area contributed by atoms with E-state index in [1.54, 1.807) is 7.11 Å². The van der Waals surface area contributed by atoms with E-state index in [0.717, 1.165) is 19.1 Å². The summed E-state index contributed by atoms with van der Waals surface area (Å²) in [6.45, 7) is 2.16. The third-order valence-corrected chi connectivity index (χ3v) is 2.58. The Hall–Kier alpha value is -0.370. The minimum Gasteiger partial charge on any atom is -0.370 e. The molecule has 0 aromatic heterocycles. The maximum Gasteiger partial charge on any atom is 0.152 e. The van der Waals surface area contributed by atoms with Crippen molar-refractivity contribution in [3.63, 3.8) is 0 Å². The standard InChI is InChI=1S/C9H16O2/c1-3-4-5-8-6-9(8,7-10)11-2/h7-8H,3-6H2,1-2H3/t8-,9-/m1/s1. The van der Waals surface area contributed by atoms with Gasteiger partial charge in [-0.2, -0.15) is 0 Å². The van der Waals surface area contributed by atoms with Gasteiger partial charge in [-0.1, -0.05) is 19.8 Å². The lowest BCUT2D eigenvalue weighted by atomic mass is 10.1. The summed E-state index contributed by atoms with van der Waals surface area (Å²) in [6.07, 6.45) is 5.46. The van der Waals surface area contributed by atoms with Gasteiger partial charge in [0.05, 0.1) is 0 Å². The summed E-state index contributed by atoms with van der Waals surface area (Å²) in [6, 6.07) is 0. The van der Waals surface area contributed by atoms with Crippen molar-refractivity contribution in [1.29, 1.82) is 0 Å². The van der Waals surface area contributed by atoms with Crippen molar-refractivity contribution in [2.24, 2.45) is 5.92 Å². The van der Waals surface area contributed by atoms with E-state index in [2.05, 4.69) is 6.92 Å². The molecule has 64 valence electrons. The van der Waals surface area contributed by atoms with Crippen LogP contribution in [0.4, 0.5) is 0 Å². The quantitative estimate of drug-likeness (QED) is 0.567. The number of rotatable bonds is 5. The molecule has 2 atom stereocenters. The Labute approximate surface area is 67.9 Å². The van der Waals surface area contributed by atoms with Crippen molar-refractivity contribution in [3.05, 3.63) is 0 Å². The molecule has 1 rings (SSSR count). The Morgan fingerprint density at radius 1 is 1.73 bits per heavy atom. The third-order valence-electron chi connectivity index (χ3n) is 2.58. The molecule has 0 bridgehead atoms. The first-order valence-corrected chi connectivity index (χ1v) is 4.30. The maximum atomic E-state index is 10.6. The zero-order valence-electron chi connectivity index (χ0n) is 7.30. The summed E-state index contributed by atoms with van der Waals surface area (Å²) in [4.78, 5) is 10.6. The average molecular weight is 156 g/mol. The number of carbonyl (C=O) groups is 1. The van der Waals surface area contributed by atoms with E-state index in [1.807, 2.05) is 0 Å². The second kappa shape index (κ2) is 3.35. The molecule has 0 unspecified atom stereocenters. The van der Waals surface area contributed by atoms with Gasteiger partial charge in [-0.05, 0) is 18.8 Å². The highest BCUT2D eigenvalue weighted by molar-refractivity contribution is 5.68. The third kappa shape index (κ3) is 1.62. The molecule has 0 amide bonds. The lowest BCUT2D eigenvalue weighted by Gasteiger charge is -2.05. The number of hydrogen-bond acceptors (Lipinski definition) is 2. The molecule has 0 aromatic rings. The van der Waals surface area contributed by atoms with Gasteiger partial charge >= 0.3 is 0 Å². The van der Waals surface area contributed by atoms with Gasteiger partial charge in [0.15, 0.2) is 6.29 Å². The molecule has 1 aliphatic carbocycles. The fourth-order valence-corrected chi connectivity index (χ4v) is 1.57. The molecule has 1 saturated carbocycles. The van der Waals surface area contributed by atoms with Crippen LogP contribution in [0.3, 0.4) is 0 Å². The van der Waals surface area contributed by atoms with Gasteiger partial charge < -0.3 is 9.53 Å². The fraction of sp³-hybridized carbons (Fsp3) is 0.889. The number of methoxy groups -OCH3 is 1. The molecule has 0 heterocycles. The predicted octanol–water partition coefficient (Wildman–Crippen LogP) is 1.78. The van der Waals surface area contributed by atoms with Gasteiger partial charge in [0.1, 0.15) is 5.60 Å². The monoisotopic (exact) mass is 156 g/mol. The Balaban J connectivity index is 2.26. The highest BCUT2D eigenvalue weighted by atomic mass is 16.5. The summed E-state index contributed by atoms with van der Waals surface area (Å²) < 4.78 is 5.14. The molecule has 0 saturated heterocycles. The second-order valence-corrected chi connectivity index (χ2v) is 3.32. The average Bonchev–Trinajstić information content (AvgIpc) is 2.76. The van der Waals surface area contributed by atoms with Crippen LogP contribution in [-0.2, 0) is 9.53 Å². The van der Waals surface area contributed by atoms with Crippen LogP contribution in [0.1, 0.15) is 32.6 Å². The maximum absolute atomic E-state index is 10.6. The van der Waals surface area contributed by atoms with E-state index in [-0.39, 0.29) is 5.60 Å². The van der Waals surface area contributed by atoms with Crippen molar-refractivity contribution < 1.29 is 9.53 Å². The SMILES string of the molecule is CCCC[C@@H]1C[C@]1(C=O)OC. The van der Waals surface area contributed by atoms with Gasteiger partial charge in [-0.15, -0.1) is 0 Å². The largest absolute Gasteiger partial charge is 0.370 e. The van der Waals surface area contributed by atoms with Crippen molar-refractivity contribution in [2.75, 3.05) is 7.11 Å². The van der Waals surface area contributed by atoms with E-state index in [1.165, 1.54) is 12.8 Å². The van der Waals surface area contributed by atoms with Gasteiger partial charge in [-0.25, -0.2) is 0 Å². The highest BCUT2D eigenvalue weighted by Gasteiger charge is 2.54. The Morgan fingerprint density at radius 2 is 2.45 bits per heavy atom. The first-order chi connectivity index (χ1) is 5.29. The lowest BCUT2D eigenvalue weighted by molar-refractivity contribution is -0.119. The van der Waals surface area contributed by atoms with Crippen LogP contribution < -0.4 is 0 Å².